The van der Waals surface area contributed by atoms with Gasteiger partial charge >= 0.3 is 0 Å². The van der Waals surface area contributed by atoms with Gasteiger partial charge in [0, 0.05) is 18.8 Å². The van der Waals surface area contributed by atoms with Crippen LogP contribution in [0.3, 0.4) is 0 Å². The normalized spacial score (nSPS) is 11.1. The van der Waals surface area contributed by atoms with Crippen molar-refractivity contribution < 1.29 is 0 Å². The maximum atomic E-state index is 6.26. The van der Waals surface area contributed by atoms with E-state index in [9.17, 15) is 0 Å². The van der Waals surface area contributed by atoms with Gasteiger partial charge in [-0.3, -0.25) is 9.69 Å². The maximum absolute atomic E-state index is 6.26. The zero-order chi connectivity index (χ0) is 17.4. The minimum atomic E-state index is 0.502. The van der Waals surface area contributed by atoms with Crippen molar-refractivity contribution in [2.24, 2.45) is 12.9 Å². The number of rotatable bonds is 4. The summed E-state index contributed by atoms with van der Waals surface area (Å²) in [6.07, 6.45) is 3.67. The topological polar surface area (TPSA) is 98.9 Å². The molecule has 0 atom stereocenters. The molecule has 1 aromatic carbocycles. The first-order valence-electron chi connectivity index (χ1n) is 7.70. The molecule has 0 saturated heterocycles. The lowest BCUT2D eigenvalue weighted by molar-refractivity contribution is 0.768. The fraction of sp³-hybridized carbons (Fsp3) is 0.118. The molecule has 0 amide bonds. The molecule has 0 aliphatic rings. The SMILES string of the molecule is Cn1cc(-c2ccc(N)c(N(N)Cc3ccc4ncsc4c3)n2)cn1. The zero-order valence-corrected chi connectivity index (χ0v) is 14.4. The fourth-order valence-electron chi connectivity index (χ4n) is 2.67. The number of aromatic nitrogens is 4. The van der Waals surface area contributed by atoms with Crippen molar-refractivity contribution in [2.45, 2.75) is 6.54 Å². The lowest BCUT2D eigenvalue weighted by Crippen LogP contribution is -2.31. The van der Waals surface area contributed by atoms with E-state index in [4.69, 9.17) is 11.6 Å². The number of hydrogen-bond donors (Lipinski definition) is 2. The number of benzene rings is 1. The quantitative estimate of drug-likeness (QED) is 0.433. The third-order valence-corrected chi connectivity index (χ3v) is 4.72. The molecule has 0 aliphatic heterocycles. The lowest BCUT2D eigenvalue weighted by Gasteiger charge is -2.20. The standard InChI is InChI=1S/C17H17N7S/c1-23-9-12(7-21-23)14-5-3-13(18)17(22-14)24(19)8-11-2-4-15-16(6-11)25-10-20-15/h2-7,9-10H,8,18-19H2,1H3. The summed E-state index contributed by atoms with van der Waals surface area (Å²) in [4.78, 5) is 8.91. The Kier molecular flexibility index (Phi) is 3.83. The third-order valence-electron chi connectivity index (χ3n) is 3.93. The van der Waals surface area contributed by atoms with Gasteiger partial charge in [0.15, 0.2) is 5.82 Å². The van der Waals surface area contributed by atoms with Crippen LogP contribution in [0.5, 0.6) is 0 Å². The van der Waals surface area contributed by atoms with E-state index in [-0.39, 0.29) is 0 Å². The molecule has 4 rings (SSSR count). The van der Waals surface area contributed by atoms with Gasteiger partial charge in [-0.25, -0.2) is 15.8 Å². The first kappa shape index (κ1) is 15.6. The number of thiazole rings is 1. The van der Waals surface area contributed by atoms with Crippen LogP contribution >= 0.6 is 11.3 Å². The predicted octanol–water partition coefficient (Wildman–Crippen LogP) is 2.55. The summed E-state index contributed by atoms with van der Waals surface area (Å²) in [6.45, 7) is 0.502. The summed E-state index contributed by atoms with van der Waals surface area (Å²) in [6, 6.07) is 9.79. The number of fused-ring (bicyclic) bond motifs is 1. The number of hydrazine groups is 1. The molecule has 25 heavy (non-hydrogen) atoms. The molecule has 0 bridgehead atoms. The highest BCUT2D eigenvalue weighted by Crippen LogP contribution is 2.26. The minimum Gasteiger partial charge on any atom is -0.396 e. The molecule has 126 valence electrons. The van der Waals surface area contributed by atoms with E-state index < -0.39 is 0 Å². The molecule has 0 unspecified atom stereocenters. The van der Waals surface area contributed by atoms with Gasteiger partial charge in [-0.2, -0.15) is 5.10 Å². The summed E-state index contributed by atoms with van der Waals surface area (Å²) >= 11 is 1.61. The summed E-state index contributed by atoms with van der Waals surface area (Å²) in [5.74, 6) is 6.80. The first-order chi connectivity index (χ1) is 12.1. The molecule has 8 heteroatoms. The molecular weight excluding hydrogens is 334 g/mol. The van der Waals surface area contributed by atoms with Gasteiger partial charge in [-0.05, 0) is 29.8 Å². The second-order valence-corrected chi connectivity index (χ2v) is 6.68. The molecular formula is C17H17N7S. The van der Waals surface area contributed by atoms with Crippen LogP contribution in [-0.2, 0) is 13.6 Å². The Bertz CT molecular complexity index is 1040. The molecule has 4 aromatic rings. The molecule has 0 aliphatic carbocycles. The van der Waals surface area contributed by atoms with Crippen LogP contribution in [0.15, 0.2) is 48.2 Å². The largest absolute Gasteiger partial charge is 0.396 e. The van der Waals surface area contributed by atoms with Gasteiger partial charge in [0.25, 0.3) is 0 Å². The summed E-state index contributed by atoms with van der Waals surface area (Å²) in [7, 11) is 1.87. The van der Waals surface area contributed by atoms with Crippen molar-refractivity contribution in [2.75, 3.05) is 10.7 Å². The van der Waals surface area contributed by atoms with E-state index in [1.54, 1.807) is 27.2 Å². The van der Waals surface area contributed by atoms with E-state index in [0.29, 0.717) is 18.1 Å². The molecule has 3 heterocycles. The smallest absolute Gasteiger partial charge is 0.166 e. The summed E-state index contributed by atoms with van der Waals surface area (Å²) in [5.41, 5.74) is 12.2. The Labute approximate surface area is 148 Å². The van der Waals surface area contributed by atoms with Crippen LogP contribution in [0.25, 0.3) is 21.5 Å². The van der Waals surface area contributed by atoms with Crippen LogP contribution in [-0.4, -0.2) is 19.7 Å². The molecule has 0 radical (unpaired) electrons. The Hall–Kier alpha value is -2.97. The highest BCUT2D eigenvalue weighted by Gasteiger charge is 2.12. The third kappa shape index (κ3) is 3.04. The van der Waals surface area contributed by atoms with E-state index in [1.165, 1.54) is 0 Å². The van der Waals surface area contributed by atoms with E-state index in [0.717, 1.165) is 27.0 Å². The minimum absolute atomic E-state index is 0.502. The second kappa shape index (κ2) is 6.15. The first-order valence-corrected chi connectivity index (χ1v) is 8.58. The van der Waals surface area contributed by atoms with Crippen LogP contribution in [0.1, 0.15) is 5.56 Å². The number of nitrogen functional groups attached to an aromatic ring is 1. The van der Waals surface area contributed by atoms with Crippen LogP contribution < -0.4 is 16.6 Å². The average Bonchev–Trinajstić information content (AvgIpc) is 3.23. The highest BCUT2D eigenvalue weighted by atomic mass is 32.1. The predicted molar refractivity (Wildman–Crippen MR) is 101 cm³/mol. The van der Waals surface area contributed by atoms with E-state index >= 15 is 0 Å². The number of pyridine rings is 1. The number of aryl methyl sites for hydroxylation is 1. The summed E-state index contributed by atoms with van der Waals surface area (Å²) < 4.78 is 2.87. The number of nitrogens with two attached hydrogens (primary N) is 2. The molecule has 0 spiro atoms. The van der Waals surface area contributed by atoms with Gasteiger partial charge in [-0.1, -0.05) is 6.07 Å². The van der Waals surface area contributed by atoms with Crippen molar-refractivity contribution >= 4 is 33.1 Å². The van der Waals surface area contributed by atoms with Crippen molar-refractivity contribution in [1.29, 1.82) is 0 Å². The van der Waals surface area contributed by atoms with Crippen LogP contribution in [0.4, 0.5) is 11.5 Å². The Morgan fingerprint density at radius 2 is 2.12 bits per heavy atom. The number of nitrogens with zero attached hydrogens (tertiary/aromatic N) is 5. The molecule has 4 N–H and O–H groups in total. The molecule has 7 nitrogen and oxygen atoms in total. The second-order valence-electron chi connectivity index (χ2n) is 5.79. The van der Waals surface area contributed by atoms with Gasteiger partial charge in [-0.15, -0.1) is 11.3 Å². The van der Waals surface area contributed by atoms with Crippen LogP contribution in [0.2, 0.25) is 0 Å². The van der Waals surface area contributed by atoms with Gasteiger partial charge in [0.1, 0.15) is 0 Å². The molecule has 3 aromatic heterocycles. The number of anilines is 2. The molecule has 0 fully saturated rings. The average molecular weight is 351 g/mol. The summed E-state index contributed by atoms with van der Waals surface area (Å²) in [5, 5.41) is 5.74. The van der Waals surface area contributed by atoms with E-state index in [2.05, 4.69) is 21.1 Å². The highest BCUT2D eigenvalue weighted by molar-refractivity contribution is 7.16. The Balaban J connectivity index is 1.63. The Morgan fingerprint density at radius 3 is 2.92 bits per heavy atom. The van der Waals surface area contributed by atoms with Crippen molar-refractivity contribution in [1.82, 2.24) is 19.7 Å². The molecule has 0 saturated carbocycles. The zero-order valence-electron chi connectivity index (χ0n) is 13.6. The lowest BCUT2D eigenvalue weighted by atomic mass is 10.2. The van der Waals surface area contributed by atoms with Crippen LogP contribution in [0, 0.1) is 0 Å². The fourth-order valence-corrected chi connectivity index (χ4v) is 3.41. The Morgan fingerprint density at radius 1 is 1.24 bits per heavy atom. The number of hydrogen-bond acceptors (Lipinski definition) is 7. The van der Waals surface area contributed by atoms with Gasteiger partial charge in [0.05, 0.1) is 39.9 Å². The van der Waals surface area contributed by atoms with Crippen molar-refractivity contribution in [3.63, 3.8) is 0 Å². The van der Waals surface area contributed by atoms with Gasteiger partial charge < -0.3 is 5.73 Å². The monoisotopic (exact) mass is 351 g/mol. The van der Waals surface area contributed by atoms with Crippen molar-refractivity contribution in [3.8, 4) is 11.3 Å². The van der Waals surface area contributed by atoms with Gasteiger partial charge in [0.2, 0.25) is 0 Å². The van der Waals surface area contributed by atoms with Crippen molar-refractivity contribution in [3.05, 3.63) is 53.8 Å². The van der Waals surface area contributed by atoms with E-state index in [1.807, 2.05) is 43.0 Å². The maximum Gasteiger partial charge on any atom is 0.166 e.